The molecule has 34 heavy (non-hydrogen) atoms. The van der Waals surface area contributed by atoms with Crippen molar-refractivity contribution >= 4 is 17.8 Å². The van der Waals surface area contributed by atoms with E-state index in [0.717, 1.165) is 19.3 Å². The van der Waals surface area contributed by atoms with Gasteiger partial charge in [-0.2, -0.15) is 0 Å². The van der Waals surface area contributed by atoms with Crippen LogP contribution in [0, 0.1) is 17.3 Å². The van der Waals surface area contributed by atoms with E-state index < -0.39 is 35.0 Å². The standard InChI is InChI=1S/C27H39NO6/c1-18-9-8-14-26(5)27(32,34-26)24(31)21(12-11-20-10-6-7-16-28-20)33-22(29)13-15-25(3,4)23(30)19(2)17-18/h6-7,10-12,16,18-19,21,24,31-32H,8-9,13-15,17H2,1-5H3. The third-order valence-electron chi connectivity index (χ3n) is 7.40. The summed E-state index contributed by atoms with van der Waals surface area (Å²) in [6.45, 7) is 9.59. The molecule has 6 unspecified atom stereocenters. The number of carbonyl (C=O) groups excluding carboxylic acids is 2. The minimum Gasteiger partial charge on any atom is -0.455 e. The molecule has 1 aromatic heterocycles. The highest BCUT2D eigenvalue weighted by molar-refractivity contribution is 5.86. The molecule has 2 saturated heterocycles. The molecule has 0 saturated carbocycles. The number of carbonyl (C=O) groups is 2. The van der Waals surface area contributed by atoms with Crippen LogP contribution in [0.2, 0.25) is 0 Å². The van der Waals surface area contributed by atoms with E-state index in [1.54, 1.807) is 31.3 Å². The second-order valence-electron chi connectivity index (χ2n) is 10.9. The summed E-state index contributed by atoms with van der Waals surface area (Å²) in [4.78, 5) is 30.0. The summed E-state index contributed by atoms with van der Waals surface area (Å²) >= 11 is 0. The van der Waals surface area contributed by atoms with Gasteiger partial charge in [-0.15, -0.1) is 0 Å². The van der Waals surface area contributed by atoms with E-state index in [2.05, 4.69) is 11.9 Å². The number of hydrogen-bond donors (Lipinski definition) is 2. The Morgan fingerprint density at radius 1 is 1.15 bits per heavy atom. The Labute approximate surface area is 202 Å². The largest absolute Gasteiger partial charge is 0.455 e. The lowest BCUT2D eigenvalue weighted by Gasteiger charge is -2.29. The van der Waals surface area contributed by atoms with Crippen LogP contribution in [-0.4, -0.2) is 50.5 Å². The predicted octanol–water partition coefficient (Wildman–Crippen LogP) is 4.07. The molecule has 3 rings (SSSR count). The lowest BCUT2D eigenvalue weighted by molar-refractivity contribution is -0.164. The molecule has 188 valence electrons. The van der Waals surface area contributed by atoms with Gasteiger partial charge in [0.2, 0.25) is 5.79 Å². The number of nitrogens with zero attached hydrogens (tertiary/aromatic N) is 1. The Hall–Kier alpha value is -2.09. The summed E-state index contributed by atoms with van der Waals surface area (Å²) in [7, 11) is 0. The number of ketones is 1. The van der Waals surface area contributed by atoms with Crippen LogP contribution in [0.15, 0.2) is 30.5 Å². The van der Waals surface area contributed by atoms with Crippen molar-refractivity contribution in [3.63, 3.8) is 0 Å². The highest BCUT2D eigenvalue weighted by Gasteiger charge is 2.71. The van der Waals surface area contributed by atoms with E-state index in [0.29, 0.717) is 24.5 Å². The SMILES string of the molecule is CC1CCCC2(C)OC2(O)C(O)C(C=Cc2ccccn2)OC(=O)CCC(C)(C)C(=O)C(C)C1. The molecule has 7 nitrogen and oxygen atoms in total. The maximum Gasteiger partial charge on any atom is 0.306 e. The highest BCUT2D eigenvalue weighted by atomic mass is 16.8. The van der Waals surface area contributed by atoms with E-state index >= 15 is 0 Å². The maximum absolute atomic E-state index is 13.1. The van der Waals surface area contributed by atoms with E-state index in [1.165, 1.54) is 6.08 Å². The summed E-state index contributed by atoms with van der Waals surface area (Å²) in [5, 5.41) is 22.2. The molecule has 6 atom stereocenters. The first kappa shape index (κ1) is 26.5. The normalized spacial score (nSPS) is 37.7. The van der Waals surface area contributed by atoms with Gasteiger partial charge in [0.25, 0.3) is 0 Å². The molecule has 2 N–H and O–H groups in total. The summed E-state index contributed by atoms with van der Waals surface area (Å²) in [5.41, 5.74) is -0.973. The van der Waals surface area contributed by atoms with Gasteiger partial charge in [0, 0.05) is 24.0 Å². The number of hydrogen-bond acceptors (Lipinski definition) is 7. The highest BCUT2D eigenvalue weighted by Crippen LogP contribution is 2.52. The molecule has 3 heterocycles. The number of fused-ring (bicyclic) bond motifs is 1. The molecule has 0 spiro atoms. The van der Waals surface area contributed by atoms with Crippen LogP contribution in [0.1, 0.15) is 78.8 Å². The summed E-state index contributed by atoms with van der Waals surface area (Å²) in [5.74, 6) is -1.97. The number of rotatable bonds is 2. The number of aliphatic hydroxyl groups excluding tert-OH is 1. The summed E-state index contributed by atoms with van der Waals surface area (Å²) < 4.78 is 11.3. The molecule has 1 aromatic rings. The van der Waals surface area contributed by atoms with Crippen molar-refractivity contribution in [2.45, 2.75) is 96.7 Å². The molecule has 0 radical (unpaired) electrons. The average Bonchev–Trinajstić information content (AvgIpc) is 3.35. The Kier molecular flexibility index (Phi) is 8.00. The molecule has 0 amide bonds. The predicted molar refractivity (Wildman–Crippen MR) is 128 cm³/mol. The molecule has 7 heteroatoms. The van der Waals surface area contributed by atoms with Crippen molar-refractivity contribution in [1.82, 2.24) is 4.98 Å². The Morgan fingerprint density at radius 3 is 2.56 bits per heavy atom. The van der Waals surface area contributed by atoms with Crippen LogP contribution in [0.5, 0.6) is 0 Å². The van der Waals surface area contributed by atoms with Crippen molar-refractivity contribution < 1.29 is 29.3 Å². The van der Waals surface area contributed by atoms with Gasteiger partial charge in [-0.1, -0.05) is 46.6 Å². The second-order valence-corrected chi connectivity index (χ2v) is 10.9. The zero-order valence-corrected chi connectivity index (χ0v) is 21.0. The lowest BCUT2D eigenvalue weighted by atomic mass is 9.75. The molecule has 2 fully saturated rings. The van der Waals surface area contributed by atoms with Crippen LogP contribution in [0.3, 0.4) is 0 Å². The van der Waals surface area contributed by atoms with Crippen molar-refractivity contribution in [1.29, 1.82) is 0 Å². The molecule has 2 aliphatic heterocycles. The average molecular weight is 474 g/mol. The van der Waals surface area contributed by atoms with Crippen LogP contribution >= 0.6 is 0 Å². The van der Waals surface area contributed by atoms with Gasteiger partial charge in [-0.05, 0) is 56.4 Å². The first-order valence-corrected chi connectivity index (χ1v) is 12.3. The second kappa shape index (κ2) is 10.3. The fourth-order valence-electron chi connectivity index (χ4n) is 5.05. The van der Waals surface area contributed by atoms with Crippen LogP contribution in [0.25, 0.3) is 6.08 Å². The van der Waals surface area contributed by atoms with Crippen LogP contribution < -0.4 is 0 Å². The lowest BCUT2D eigenvalue weighted by Crippen LogP contribution is -2.45. The first-order chi connectivity index (χ1) is 15.9. The smallest absolute Gasteiger partial charge is 0.306 e. The first-order valence-electron chi connectivity index (χ1n) is 12.3. The number of Topliss-reactive ketones (excluding diaryl/α,β-unsaturated/α-hetero) is 1. The number of aliphatic hydroxyl groups is 2. The van der Waals surface area contributed by atoms with E-state index in [4.69, 9.17) is 9.47 Å². The number of ether oxygens (including phenoxy) is 2. The molecular formula is C27H39NO6. The Balaban J connectivity index is 1.85. The zero-order chi connectivity index (χ0) is 25.1. The minimum atomic E-state index is -1.81. The third-order valence-corrected chi connectivity index (χ3v) is 7.40. The number of pyridine rings is 1. The van der Waals surface area contributed by atoms with Crippen molar-refractivity contribution in [2.24, 2.45) is 17.3 Å². The van der Waals surface area contributed by atoms with E-state index in [1.807, 2.05) is 26.8 Å². The Morgan fingerprint density at radius 2 is 1.88 bits per heavy atom. The van der Waals surface area contributed by atoms with Gasteiger partial charge in [0.15, 0.2) is 12.2 Å². The van der Waals surface area contributed by atoms with Gasteiger partial charge in [-0.25, -0.2) is 0 Å². The maximum atomic E-state index is 13.1. The van der Waals surface area contributed by atoms with Crippen LogP contribution in [-0.2, 0) is 19.1 Å². The van der Waals surface area contributed by atoms with Gasteiger partial charge in [0.05, 0.1) is 5.69 Å². The van der Waals surface area contributed by atoms with Gasteiger partial charge in [0.1, 0.15) is 11.4 Å². The summed E-state index contributed by atoms with van der Waals surface area (Å²) in [6, 6.07) is 5.39. The molecule has 0 aromatic carbocycles. The van der Waals surface area contributed by atoms with Crippen LogP contribution in [0.4, 0.5) is 0 Å². The fraction of sp³-hybridized carbons (Fsp3) is 0.667. The molecule has 2 aliphatic rings. The number of cyclic esters (lactones) is 1. The third kappa shape index (κ3) is 5.93. The minimum absolute atomic E-state index is 0.0260. The number of aromatic nitrogens is 1. The van der Waals surface area contributed by atoms with Crippen molar-refractivity contribution in [3.8, 4) is 0 Å². The van der Waals surface area contributed by atoms with Gasteiger partial charge >= 0.3 is 5.97 Å². The van der Waals surface area contributed by atoms with Crippen molar-refractivity contribution in [3.05, 3.63) is 36.2 Å². The fourth-order valence-corrected chi connectivity index (χ4v) is 5.05. The monoisotopic (exact) mass is 473 g/mol. The van der Waals surface area contributed by atoms with Gasteiger partial charge < -0.3 is 19.7 Å². The topological polar surface area (TPSA) is 109 Å². The van der Waals surface area contributed by atoms with Crippen molar-refractivity contribution in [2.75, 3.05) is 0 Å². The quantitative estimate of drug-likeness (QED) is 0.492. The summed E-state index contributed by atoms with van der Waals surface area (Å²) in [6.07, 6.45) is 5.55. The molecule has 0 bridgehead atoms. The number of epoxide rings is 1. The zero-order valence-electron chi connectivity index (χ0n) is 21.0. The van der Waals surface area contributed by atoms with E-state index in [-0.39, 0.29) is 18.1 Å². The van der Waals surface area contributed by atoms with E-state index in [9.17, 15) is 19.8 Å². The van der Waals surface area contributed by atoms with Gasteiger partial charge in [-0.3, -0.25) is 14.6 Å². The molecule has 0 aliphatic carbocycles. The Bertz CT molecular complexity index is 900. The number of esters is 1. The molecular weight excluding hydrogens is 434 g/mol.